The van der Waals surface area contributed by atoms with Crippen LogP contribution in [0.2, 0.25) is 0 Å². The predicted molar refractivity (Wildman–Crippen MR) is 53.6 cm³/mol. The van der Waals surface area contributed by atoms with E-state index in [1.165, 1.54) is 6.33 Å². The van der Waals surface area contributed by atoms with Gasteiger partial charge in [-0.1, -0.05) is 0 Å². The Bertz CT molecular complexity index is 268. The smallest absolute Gasteiger partial charge is 0.218 e. The van der Waals surface area contributed by atoms with Crippen LogP contribution in [0.1, 0.15) is 6.42 Å². The highest BCUT2D eigenvalue weighted by molar-refractivity contribution is 5.36. The van der Waals surface area contributed by atoms with Gasteiger partial charge in [-0.25, -0.2) is 9.97 Å². The van der Waals surface area contributed by atoms with Gasteiger partial charge >= 0.3 is 0 Å². The Kier molecular flexibility index (Phi) is 4.71. The van der Waals surface area contributed by atoms with Crippen molar-refractivity contribution in [3.63, 3.8) is 0 Å². The standard InChI is InChI=1S/C9H15N3O2/c1-13-5-3-4-10-8-6-9(14-2)12-7-11-8/h6-7H,3-5H2,1-2H3,(H,10,11,12). The van der Waals surface area contributed by atoms with E-state index < -0.39 is 0 Å². The fourth-order valence-corrected chi connectivity index (χ4v) is 0.981. The Hall–Kier alpha value is -1.36. The molecule has 0 aliphatic rings. The molecule has 5 heteroatoms. The van der Waals surface area contributed by atoms with Gasteiger partial charge in [-0.15, -0.1) is 0 Å². The van der Waals surface area contributed by atoms with Crippen molar-refractivity contribution >= 4 is 5.82 Å². The highest BCUT2D eigenvalue weighted by Gasteiger charge is 1.96. The second-order valence-electron chi connectivity index (χ2n) is 2.72. The summed E-state index contributed by atoms with van der Waals surface area (Å²) < 4.78 is 9.89. The van der Waals surface area contributed by atoms with Gasteiger partial charge in [0.1, 0.15) is 12.1 Å². The average molecular weight is 197 g/mol. The molecule has 1 aromatic heterocycles. The molecule has 0 atom stereocenters. The lowest BCUT2D eigenvalue weighted by atomic mass is 10.4. The zero-order chi connectivity index (χ0) is 10.2. The van der Waals surface area contributed by atoms with Crippen LogP contribution in [0.5, 0.6) is 5.88 Å². The molecule has 0 fully saturated rings. The number of hydrogen-bond donors (Lipinski definition) is 1. The Morgan fingerprint density at radius 1 is 1.36 bits per heavy atom. The van der Waals surface area contributed by atoms with Crippen molar-refractivity contribution in [1.82, 2.24) is 9.97 Å². The van der Waals surface area contributed by atoms with Crippen molar-refractivity contribution in [2.75, 3.05) is 32.7 Å². The lowest BCUT2D eigenvalue weighted by molar-refractivity contribution is 0.197. The van der Waals surface area contributed by atoms with Gasteiger partial charge in [0.15, 0.2) is 0 Å². The number of nitrogens with zero attached hydrogens (tertiary/aromatic N) is 2. The molecule has 0 aliphatic carbocycles. The Morgan fingerprint density at radius 2 is 2.21 bits per heavy atom. The molecule has 0 bridgehead atoms. The molecule has 0 radical (unpaired) electrons. The summed E-state index contributed by atoms with van der Waals surface area (Å²) in [5.41, 5.74) is 0. The topological polar surface area (TPSA) is 56.3 Å². The van der Waals surface area contributed by atoms with Gasteiger partial charge in [-0.3, -0.25) is 0 Å². The summed E-state index contributed by atoms with van der Waals surface area (Å²) in [7, 11) is 3.27. The maximum atomic E-state index is 4.97. The Morgan fingerprint density at radius 3 is 2.93 bits per heavy atom. The van der Waals surface area contributed by atoms with E-state index in [0.29, 0.717) is 5.88 Å². The predicted octanol–water partition coefficient (Wildman–Crippen LogP) is 0.934. The number of hydrogen-bond acceptors (Lipinski definition) is 5. The minimum absolute atomic E-state index is 0.564. The number of ether oxygens (including phenoxy) is 2. The highest BCUT2D eigenvalue weighted by atomic mass is 16.5. The van der Waals surface area contributed by atoms with Crippen LogP contribution in [0.4, 0.5) is 5.82 Å². The number of anilines is 1. The third kappa shape index (κ3) is 3.57. The van der Waals surface area contributed by atoms with E-state index >= 15 is 0 Å². The molecule has 0 saturated carbocycles. The monoisotopic (exact) mass is 197 g/mol. The number of rotatable bonds is 6. The summed E-state index contributed by atoms with van der Waals surface area (Å²) in [4.78, 5) is 7.95. The molecule has 0 spiro atoms. The summed E-state index contributed by atoms with van der Waals surface area (Å²) in [6.45, 7) is 1.57. The first-order valence-electron chi connectivity index (χ1n) is 4.45. The first kappa shape index (κ1) is 10.7. The molecule has 0 amide bonds. The second-order valence-corrected chi connectivity index (χ2v) is 2.72. The summed E-state index contributed by atoms with van der Waals surface area (Å²) in [5, 5.41) is 3.14. The van der Waals surface area contributed by atoms with Crippen LogP contribution in [0.25, 0.3) is 0 Å². The fraction of sp³-hybridized carbons (Fsp3) is 0.556. The zero-order valence-electron chi connectivity index (χ0n) is 8.49. The molecule has 1 rings (SSSR count). The third-order valence-corrected chi connectivity index (χ3v) is 1.68. The lowest BCUT2D eigenvalue weighted by Crippen LogP contribution is -2.06. The first-order valence-corrected chi connectivity index (χ1v) is 4.45. The average Bonchev–Trinajstić information content (AvgIpc) is 2.25. The van der Waals surface area contributed by atoms with Crippen molar-refractivity contribution in [2.45, 2.75) is 6.42 Å². The normalized spacial score (nSPS) is 9.86. The molecule has 5 nitrogen and oxygen atoms in total. The molecule has 1 aromatic rings. The maximum Gasteiger partial charge on any atom is 0.218 e. The van der Waals surface area contributed by atoms with Crippen LogP contribution in [-0.2, 0) is 4.74 Å². The summed E-state index contributed by atoms with van der Waals surface area (Å²) >= 11 is 0. The molecule has 0 aliphatic heterocycles. The molecule has 14 heavy (non-hydrogen) atoms. The molecule has 1 N–H and O–H groups in total. The number of aromatic nitrogens is 2. The summed E-state index contributed by atoms with van der Waals surface area (Å²) in [6, 6.07) is 1.76. The largest absolute Gasteiger partial charge is 0.481 e. The third-order valence-electron chi connectivity index (χ3n) is 1.68. The van der Waals surface area contributed by atoms with Crippen molar-refractivity contribution in [3.05, 3.63) is 12.4 Å². The van der Waals surface area contributed by atoms with Crippen LogP contribution in [0.3, 0.4) is 0 Å². The summed E-state index contributed by atoms with van der Waals surface area (Å²) in [6.07, 6.45) is 2.42. The number of methoxy groups -OCH3 is 2. The van der Waals surface area contributed by atoms with Crippen LogP contribution < -0.4 is 10.1 Å². The Balaban J connectivity index is 2.34. The lowest BCUT2D eigenvalue weighted by Gasteiger charge is -2.05. The van der Waals surface area contributed by atoms with Crippen LogP contribution >= 0.6 is 0 Å². The van der Waals surface area contributed by atoms with E-state index in [1.54, 1.807) is 20.3 Å². The highest BCUT2D eigenvalue weighted by Crippen LogP contribution is 2.09. The van der Waals surface area contributed by atoms with E-state index in [-0.39, 0.29) is 0 Å². The van der Waals surface area contributed by atoms with E-state index in [2.05, 4.69) is 15.3 Å². The van der Waals surface area contributed by atoms with E-state index in [9.17, 15) is 0 Å². The second kappa shape index (κ2) is 6.15. The van der Waals surface area contributed by atoms with Crippen molar-refractivity contribution in [3.8, 4) is 5.88 Å². The van der Waals surface area contributed by atoms with Crippen molar-refractivity contribution in [1.29, 1.82) is 0 Å². The van der Waals surface area contributed by atoms with Gasteiger partial charge < -0.3 is 14.8 Å². The van der Waals surface area contributed by atoms with Gasteiger partial charge in [-0.05, 0) is 6.42 Å². The maximum absolute atomic E-state index is 4.97. The minimum Gasteiger partial charge on any atom is -0.481 e. The van der Waals surface area contributed by atoms with Gasteiger partial charge in [0.2, 0.25) is 5.88 Å². The molecule has 0 aromatic carbocycles. The quantitative estimate of drug-likeness (QED) is 0.688. The van der Waals surface area contributed by atoms with E-state index in [1.807, 2.05) is 0 Å². The van der Waals surface area contributed by atoms with Gasteiger partial charge in [0.05, 0.1) is 7.11 Å². The molecular formula is C9H15N3O2. The SMILES string of the molecule is COCCCNc1cc(OC)ncn1. The fourth-order valence-electron chi connectivity index (χ4n) is 0.981. The van der Waals surface area contributed by atoms with E-state index in [0.717, 1.165) is 25.4 Å². The Labute approximate surface area is 83.5 Å². The molecule has 1 heterocycles. The first-order chi connectivity index (χ1) is 6.86. The van der Waals surface area contributed by atoms with Crippen LogP contribution in [0.15, 0.2) is 12.4 Å². The van der Waals surface area contributed by atoms with Gasteiger partial charge in [-0.2, -0.15) is 0 Å². The van der Waals surface area contributed by atoms with Crippen LogP contribution in [0, 0.1) is 0 Å². The van der Waals surface area contributed by atoms with E-state index in [4.69, 9.17) is 9.47 Å². The molecule has 78 valence electrons. The van der Waals surface area contributed by atoms with Crippen LogP contribution in [-0.4, -0.2) is 37.3 Å². The summed E-state index contributed by atoms with van der Waals surface area (Å²) in [5.74, 6) is 1.34. The van der Waals surface area contributed by atoms with Crippen molar-refractivity contribution in [2.24, 2.45) is 0 Å². The van der Waals surface area contributed by atoms with Crippen molar-refractivity contribution < 1.29 is 9.47 Å². The van der Waals surface area contributed by atoms with Gasteiger partial charge in [0.25, 0.3) is 0 Å². The molecular weight excluding hydrogens is 182 g/mol. The minimum atomic E-state index is 0.564. The molecule has 0 saturated heterocycles. The van der Waals surface area contributed by atoms with Gasteiger partial charge in [0, 0.05) is 26.3 Å². The number of nitrogens with one attached hydrogen (secondary N) is 1. The molecule has 0 unspecified atom stereocenters. The zero-order valence-corrected chi connectivity index (χ0v) is 8.49.